The van der Waals surface area contributed by atoms with Crippen molar-refractivity contribution in [3.8, 4) is 0 Å². The van der Waals surface area contributed by atoms with Gasteiger partial charge in [0.15, 0.2) is 5.78 Å². The summed E-state index contributed by atoms with van der Waals surface area (Å²) in [6, 6.07) is 13.7. The third-order valence-electron chi connectivity index (χ3n) is 6.00. The van der Waals surface area contributed by atoms with Gasteiger partial charge in [0.25, 0.3) is 0 Å². The fourth-order valence-electron chi connectivity index (χ4n) is 4.66. The van der Waals surface area contributed by atoms with Crippen molar-refractivity contribution in [2.75, 3.05) is 4.90 Å². The zero-order chi connectivity index (χ0) is 20.9. The van der Waals surface area contributed by atoms with Gasteiger partial charge in [0.2, 0.25) is 5.91 Å². The maximum Gasteiger partial charge on any atom is 0.232 e. The zero-order valence-electron chi connectivity index (χ0n) is 17.4. The SMILES string of the molecule is Cc1ccc(C)c(N2C(=O)CC(c3cccc(Cl)c3)C3=C2CC(C)(C)CC3=O)c1. The summed E-state index contributed by atoms with van der Waals surface area (Å²) in [5.74, 6) is -0.0573. The molecule has 2 aromatic rings. The van der Waals surface area contributed by atoms with Crippen molar-refractivity contribution in [2.24, 2.45) is 5.41 Å². The van der Waals surface area contributed by atoms with Crippen molar-refractivity contribution in [1.82, 2.24) is 0 Å². The lowest BCUT2D eigenvalue weighted by molar-refractivity contribution is -0.121. The molecule has 0 saturated carbocycles. The second kappa shape index (κ2) is 7.14. The van der Waals surface area contributed by atoms with Gasteiger partial charge in [-0.25, -0.2) is 0 Å². The summed E-state index contributed by atoms with van der Waals surface area (Å²) in [7, 11) is 0. The third kappa shape index (κ3) is 3.64. The minimum atomic E-state index is -0.235. The Bertz CT molecular complexity index is 1050. The molecule has 1 unspecified atom stereocenters. The summed E-state index contributed by atoms with van der Waals surface area (Å²) < 4.78 is 0. The van der Waals surface area contributed by atoms with Gasteiger partial charge in [-0.3, -0.25) is 14.5 Å². The molecule has 2 aromatic carbocycles. The van der Waals surface area contributed by atoms with Crippen molar-refractivity contribution in [3.05, 3.63) is 75.4 Å². The van der Waals surface area contributed by atoms with E-state index in [2.05, 4.69) is 13.8 Å². The summed E-state index contributed by atoms with van der Waals surface area (Å²) in [6.07, 6.45) is 1.47. The molecule has 1 aliphatic carbocycles. The topological polar surface area (TPSA) is 37.4 Å². The average molecular weight is 408 g/mol. The number of allylic oxidation sites excluding steroid dienone is 2. The van der Waals surface area contributed by atoms with Crippen LogP contribution in [-0.4, -0.2) is 11.7 Å². The molecule has 1 atom stereocenters. The van der Waals surface area contributed by atoms with E-state index in [1.54, 1.807) is 0 Å². The molecule has 0 saturated heterocycles. The van der Waals surface area contributed by atoms with Crippen LogP contribution in [0.2, 0.25) is 5.02 Å². The van der Waals surface area contributed by atoms with Gasteiger partial charge in [-0.15, -0.1) is 0 Å². The molecule has 0 bridgehead atoms. The summed E-state index contributed by atoms with van der Waals surface area (Å²) in [4.78, 5) is 28.6. The second-order valence-corrected chi connectivity index (χ2v) is 9.57. The van der Waals surface area contributed by atoms with Crippen molar-refractivity contribution in [2.45, 2.75) is 52.9 Å². The van der Waals surface area contributed by atoms with Gasteiger partial charge >= 0.3 is 0 Å². The van der Waals surface area contributed by atoms with E-state index in [-0.39, 0.29) is 29.4 Å². The Balaban J connectivity index is 1.94. The Labute approximate surface area is 177 Å². The highest BCUT2D eigenvalue weighted by Gasteiger charge is 2.44. The number of nitrogens with zero attached hydrogens (tertiary/aromatic N) is 1. The number of hydrogen-bond acceptors (Lipinski definition) is 2. The van der Waals surface area contributed by atoms with Gasteiger partial charge in [-0.2, -0.15) is 0 Å². The molecule has 2 aliphatic rings. The van der Waals surface area contributed by atoms with E-state index in [1.807, 2.05) is 61.2 Å². The monoisotopic (exact) mass is 407 g/mol. The predicted octanol–water partition coefficient (Wildman–Crippen LogP) is 6.12. The van der Waals surface area contributed by atoms with Crippen molar-refractivity contribution in [3.63, 3.8) is 0 Å². The predicted molar refractivity (Wildman–Crippen MR) is 117 cm³/mol. The van der Waals surface area contributed by atoms with Crippen LogP contribution >= 0.6 is 11.6 Å². The quantitative estimate of drug-likeness (QED) is 0.601. The Hall–Kier alpha value is -2.39. The molecule has 29 heavy (non-hydrogen) atoms. The average Bonchev–Trinajstić information content (AvgIpc) is 2.62. The van der Waals surface area contributed by atoms with E-state index in [0.717, 1.165) is 33.6 Å². The molecule has 0 aromatic heterocycles. The lowest BCUT2D eigenvalue weighted by Crippen LogP contribution is -2.44. The highest BCUT2D eigenvalue weighted by atomic mass is 35.5. The van der Waals surface area contributed by atoms with Crippen LogP contribution in [0.3, 0.4) is 0 Å². The molecule has 0 N–H and O–H groups in total. The summed E-state index contributed by atoms with van der Waals surface area (Å²) >= 11 is 6.22. The molecule has 0 spiro atoms. The van der Waals surface area contributed by atoms with Crippen LogP contribution in [0.1, 0.15) is 55.7 Å². The van der Waals surface area contributed by atoms with Crippen LogP contribution in [-0.2, 0) is 9.59 Å². The molecule has 0 radical (unpaired) electrons. The van der Waals surface area contributed by atoms with Gasteiger partial charge in [-0.05, 0) is 60.6 Å². The molecule has 150 valence electrons. The van der Waals surface area contributed by atoms with E-state index < -0.39 is 0 Å². The Kier molecular flexibility index (Phi) is 4.90. The van der Waals surface area contributed by atoms with Crippen LogP contribution in [0.5, 0.6) is 0 Å². The van der Waals surface area contributed by atoms with Gasteiger partial charge < -0.3 is 0 Å². The number of Topliss-reactive ketones (excluding diaryl/α,β-unsaturated/α-hetero) is 1. The number of carbonyl (C=O) groups excluding carboxylic acids is 2. The van der Waals surface area contributed by atoms with E-state index >= 15 is 0 Å². The van der Waals surface area contributed by atoms with Gasteiger partial charge in [0.05, 0.1) is 5.69 Å². The first-order valence-corrected chi connectivity index (χ1v) is 10.5. The van der Waals surface area contributed by atoms with Crippen molar-refractivity contribution >= 4 is 29.0 Å². The van der Waals surface area contributed by atoms with Crippen LogP contribution in [0.4, 0.5) is 5.69 Å². The largest absolute Gasteiger partial charge is 0.294 e. The van der Waals surface area contributed by atoms with Crippen LogP contribution in [0.25, 0.3) is 0 Å². The molecule has 1 heterocycles. The van der Waals surface area contributed by atoms with Crippen molar-refractivity contribution in [1.29, 1.82) is 0 Å². The lowest BCUT2D eigenvalue weighted by atomic mass is 9.69. The molecular formula is C25H26ClNO2. The fourth-order valence-corrected chi connectivity index (χ4v) is 4.86. The highest BCUT2D eigenvalue weighted by Crippen LogP contribution is 2.48. The number of halogens is 1. The molecule has 3 nitrogen and oxygen atoms in total. The van der Waals surface area contributed by atoms with E-state index in [1.165, 1.54) is 0 Å². The number of carbonyl (C=O) groups is 2. The molecule has 1 aliphatic heterocycles. The molecular weight excluding hydrogens is 382 g/mol. The first-order chi connectivity index (χ1) is 13.7. The normalized spacial score (nSPS) is 21.4. The van der Waals surface area contributed by atoms with E-state index in [4.69, 9.17) is 11.6 Å². The standard InChI is InChI=1S/C25H26ClNO2/c1-15-8-9-16(2)20(10-15)27-21-13-25(3,4)14-22(28)24(21)19(12-23(27)29)17-6-5-7-18(26)11-17/h5-11,19H,12-14H2,1-4H3. The molecule has 4 heteroatoms. The van der Waals surface area contributed by atoms with Crippen LogP contribution in [0, 0.1) is 19.3 Å². The number of ketones is 1. The van der Waals surface area contributed by atoms with Gasteiger partial charge in [0.1, 0.15) is 0 Å². The smallest absolute Gasteiger partial charge is 0.232 e. The fraction of sp³-hybridized carbons (Fsp3) is 0.360. The van der Waals surface area contributed by atoms with E-state index in [0.29, 0.717) is 17.9 Å². The van der Waals surface area contributed by atoms with E-state index in [9.17, 15) is 9.59 Å². The number of hydrogen-bond donors (Lipinski definition) is 0. The maximum absolute atomic E-state index is 13.4. The van der Waals surface area contributed by atoms with Gasteiger partial charge in [0, 0.05) is 35.1 Å². The molecule has 4 rings (SSSR count). The Morgan fingerprint density at radius 1 is 1.03 bits per heavy atom. The lowest BCUT2D eigenvalue weighted by Gasteiger charge is -2.43. The number of aryl methyl sites for hydroxylation is 2. The minimum Gasteiger partial charge on any atom is -0.294 e. The first kappa shape index (κ1) is 19.9. The molecule has 0 fully saturated rings. The minimum absolute atomic E-state index is 0.0351. The summed E-state index contributed by atoms with van der Waals surface area (Å²) in [5, 5.41) is 0.623. The highest BCUT2D eigenvalue weighted by molar-refractivity contribution is 6.30. The van der Waals surface area contributed by atoms with Gasteiger partial charge in [-0.1, -0.05) is 49.7 Å². The summed E-state index contributed by atoms with van der Waals surface area (Å²) in [6.45, 7) is 8.24. The van der Waals surface area contributed by atoms with Crippen LogP contribution < -0.4 is 4.90 Å². The first-order valence-electron chi connectivity index (χ1n) is 10.1. The number of anilines is 1. The number of benzene rings is 2. The Morgan fingerprint density at radius 2 is 1.79 bits per heavy atom. The summed E-state index contributed by atoms with van der Waals surface area (Å²) in [5.41, 5.74) is 5.42. The number of amides is 1. The van der Waals surface area contributed by atoms with Crippen molar-refractivity contribution < 1.29 is 9.59 Å². The number of rotatable bonds is 2. The second-order valence-electron chi connectivity index (χ2n) is 9.13. The van der Waals surface area contributed by atoms with Crippen LogP contribution in [0.15, 0.2) is 53.7 Å². The third-order valence-corrected chi connectivity index (χ3v) is 6.23. The maximum atomic E-state index is 13.4. The molecule has 1 amide bonds. The Morgan fingerprint density at radius 3 is 2.52 bits per heavy atom. The zero-order valence-corrected chi connectivity index (χ0v) is 18.1.